The third-order valence-corrected chi connectivity index (χ3v) is 4.04. The predicted molar refractivity (Wildman–Crippen MR) is 114 cm³/mol. The fraction of sp³-hybridized carbons (Fsp3) is 0.200. The molecule has 0 aliphatic carbocycles. The van der Waals surface area contributed by atoms with Crippen molar-refractivity contribution in [2.75, 3.05) is 42.4 Å². The molecule has 10 nitrogen and oxygen atoms in total. The summed E-state index contributed by atoms with van der Waals surface area (Å²) in [6, 6.07) is 11.0. The smallest absolute Gasteiger partial charge is 0.278 e. The Morgan fingerprint density at radius 2 is 1.97 bits per heavy atom. The molecule has 0 fully saturated rings. The number of amides is 1. The van der Waals surface area contributed by atoms with Crippen LogP contribution in [0.5, 0.6) is 5.88 Å². The summed E-state index contributed by atoms with van der Waals surface area (Å²) in [5.41, 5.74) is 14.0. The summed E-state index contributed by atoms with van der Waals surface area (Å²) < 4.78 is 10.2. The third kappa shape index (κ3) is 5.55. The van der Waals surface area contributed by atoms with Gasteiger partial charge in [0.15, 0.2) is 11.5 Å². The number of carbonyl (C=O) groups excluding carboxylic acids is 1. The third-order valence-electron chi connectivity index (χ3n) is 4.04. The number of nitrogens with zero attached hydrogens (tertiary/aromatic N) is 3. The van der Waals surface area contributed by atoms with E-state index in [0.29, 0.717) is 31.3 Å². The summed E-state index contributed by atoms with van der Waals surface area (Å²) in [6.07, 6.45) is 2.98. The van der Waals surface area contributed by atoms with Gasteiger partial charge < -0.3 is 31.6 Å². The lowest BCUT2D eigenvalue weighted by molar-refractivity contribution is 0.102. The van der Waals surface area contributed by atoms with Crippen LogP contribution in [0.1, 0.15) is 16.1 Å². The molecule has 3 aromatic rings. The number of carbonyl (C=O) groups is 1. The van der Waals surface area contributed by atoms with Crippen LogP contribution in [0, 0.1) is 0 Å². The Hall–Kier alpha value is -3.92. The minimum Gasteiger partial charge on any atom is -0.474 e. The van der Waals surface area contributed by atoms with Crippen LogP contribution < -0.4 is 26.8 Å². The Kier molecular flexibility index (Phi) is 6.95. The van der Waals surface area contributed by atoms with Gasteiger partial charge in [0.1, 0.15) is 12.4 Å². The summed E-state index contributed by atoms with van der Waals surface area (Å²) in [5, 5.41) is 5.99. The molecule has 0 bridgehead atoms. The lowest BCUT2D eigenvalue weighted by atomic mass is 10.2. The van der Waals surface area contributed by atoms with Crippen molar-refractivity contribution < 1.29 is 14.3 Å². The van der Waals surface area contributed by atoms with Gasteiger partial charge in [-0.05, 0) is 29.8 Å². The molecule has 156 valence electrons. The number of benzene rings is 1. The number of hydrogen-bond donors (Lipinski definition) is 4. The Morgan fingerprint density at radius 1 is 1.10 bits per heavy atom. The first-order chi connectivity index (χ1) is 14.6. The molecular weight excluding hydrogens is 386 g/mol. The minimum atomic E-state index is -0.468. The molecule has 0 aliphatic rings. The second-order valence-electron chi connectivity index (χ2n) is 6.23. The number of pyridine rings is 1. The van der Waals surface area contributed by atoms with Crippen molar-refractivity contribution in [3.8, 4) is 5.88 Å². The lowest BCUT2D eigenvalue weighted by Gasteiger charge is -2.11. The lowest BCUT2D eigenvalue weighted by Crippen LogP contribution is -2.17. The normalized spacial score (nSPS) is 10.4. The molecule has 2 aromatic heterocycles. The molecule has 0 aliphatic heterocycles. The molecule has 6 N–H and O–H groups in total. The monoisotopic (exact) mass is 409 g/mol. The Bertz CT molecular complexity index is 1010. The van der Waals surface area contributed by atoms with Crippen LogP contribution in [0.25, 0.3) is 0 Å². The second-order valence-corrected chi connectivity index (χ2v) is 6.23. The van der Waals surface area contributed by atoms with Crippen molar-refractivity contribution in [1.82, 2.24) is 15.0 Å². The highest BCUT2D eigenvalue weighted by molar-refractivity contribution is 6.05. The van der Waals surface area contributed by atoms with Crippen molar-refractivity contribution in [3.05, 3.63) is 60.0 Å². The fourth-order valence-electron chi connectivity index (χ4n) is 2.57. The molecule has 0 saturated heterocycles. The first-order valence-electron chi connectivity index (χ1n) is 9.15. The molecular formula is C20H23N7O3. The molecule has 0 unspecified atom stereocenters. The van der Waals surface area contributed by atoms with Crippen molar-refractivity contribution >= 4 is 28.9 Å². The fourth-order valence-corrected chi connectivity index (χ4v) is 2.57. The maximum Gasteiger partial charge on any atom is 0.278 e. The van der Waals surface area contributed by atoms with Crippen LogP contribution >= 0.6 is 0 Å². The van der Waals surface area contributed by atoms with Gasteiger partial charge in [0.25, 0.3) is 5.91 Å². The SMILES string of the molecule is COCCOc1cnc(C(=O)Nc2cccc(CNc3cccnc3N)c2)c(N)n1. The molecule has 0 saturated carbocycles. The summed E-state index contributed by atoms with van der Waals surface area (Å²) in [5.74, 6) is 0.159. The average Bonchev–Trinajstić information content (AvgIpc) is 2.74. The summed E-state index contributed by atoms with van der Waals surface area (Å²) in [4.78, 5) is 24.7. The van der Waals surface area contributed by atoms with Gasteiger partial charge in [0.05, 0.1) is 18.5 Å². The summed E-state index contributed by atoms with van der Waals surface area (Å²) >= 11 is 0. The highest BCUT2D eigenvalue weighted by Crippen LogP contribution is 2.18. The molecule has 0 atom stereocenters. The zero-order valence-corrected chi connectivity index (χ0v) is 16.5. The van der Waals surface area contributed by atoms with E-state index in [1.807, 2.05) is 24.3 Å². The van der Waals surface area contributed by atoms with Gasteiger partial charge in [-0.3, -0.25) is 4.79 Å². The van der Waals surface area contributed by atoms with Crippen molar-refractivity contribution in [3.63, 3.8) is 0 Å². The summed E-state index contributed by atoms with van der Waals surface area (Å²) in [6.45, 7) is 1.22. The number of rotatable bonds is 9. The summed E-state index contributed by atoms with van der Waals surface area (Å²) in [7, 11) is 1.57. The zero-order valence-electron chi connectivity index (χ0n) is 16.5. The number of methoxy groups -OCH3 is 1. The molecule has 2 heterocycles. The number of nitrogens with two attached hydrogens (primary N) is 2. The molecule has 1 aromatic carbocycles. The quantitative estimate of drug-likeness (QED) is 0.389. The van der Waals surface area contributed by atoms with Crippen LogP contribution in [-0.2, 0) is 11.3 Å². The highest BCUT2D eigenvalue weighted by Gasteiger charge is 2.14. The molecule has 0 spiro atoms. The van der Waals surface area contributed by atoms with Crippen molar-refractivity contribution in [1.29, 1.82) is 0 Å². The maximum atomic E-state index is 12.5. The van der Waals surface area contributed by atoms with Gasteiger partial charge in [-0.25, -0.2) is 9.97 Å². The number of aromatic nitrogens is 3. The van der Waals surface area contributed by atoms with E-state index >= 15 is 0 Å². The van der Waals surface area contributed by atoms with Crippen molar-refractivity contribution in [2.45, 2.75) is 6.54 Å². The Balaban J connectivity index is 1.62. The minimum absolute atomic E-state index is 0.0146. The van der Waals surface area contributed by atoms with Crippen molar-refractivity contribution in [2.24, 2.45) is 0 Å². The Morgan fingerprint density at radius 3 is 2.73 bits per heavy atom. The Labute approximate surface area is 173 Å². The van der Waals surface area contributed by atoms with Gasteiger partial charge in [0.2, 0.25) is 5.88 Å². The average molecular weight is 409 g/mol. The van der Waals surface area contributed by atoms with Gasteiger partial charge in [-0.1, -0.05) is 12.1 Å². The number of nitrogen functional groups attached to an aromatic ring is 2. The number of ether oxygens (including phenoxy) is 2. The zero-order chi connectivity index (χ0) is 21.3. The maximum absolute atomic E-state index is 12.5. The molecule has 10 heteroatoms. The number of anilines is 4. The van der Waals surface area contributed by atoms with E-state index in [1.54, 1.807) is 25.4 Å². The second kappa shape index (κ2) is 10.0. The van der Waals surface area contributed by atoms with E-state index < -0.39 is 5.91 Å². The predicted octanol–water partition coefficient (Wildman–Crippen LogP) is 1.93. The van der Waals surface area contributed by atoms with Crippen LogP contribution in [-0.4, -0.2) is 41.2 Å². The first-order valence-corrected chi connectivity index (χ1v) is 9.15. The van der Waals surface area contributed by atoms with E-state index in [9.17, 15) is 4.79 Å². The van der Waals surface area contributed by atoms with E-state index in [0.717, 1.165) is 11.3 Å². The van der Waals surface area contributed by atoms with Crippen LogP contribution in [0.4, 0.5) is 23.0 Å². The molecule has 3 rings (SSSR count). The largest absolute Gasteiger partial charge is 0.474 e. The van der Waals surface area contributed by atoms with Gasteiger partial charge in [-0.15, -0.1) is 0 Å². The molecule has 0 radical (unpaired) electrons. The van der Waals surface area contributed by atoms with Gasteiger partial charge in [0, 0.05) is 25.5 Å². The van der Waals surface area contributed by atoms with Crippen LogP contribution in [0.15, 0.2) is 48.8 Å². The van der Waals surface area contributed by atoms with Crippen LogP contribution in [0.3, 0.4) is 0 Å². The molecule has 1 amide bonds. The van der Waals surface area contributed by atoms with E-state index in [4.69, 9.17) is 20.9 Å². The first kappa shape index (κ1) is 20.8. The van der Waals surface area contributed by atoms with Gasteiger partial charge >= 0.3 is 0 Å². The highest BCUT2D eigenvalue weighted by atomic mass is 16.5. The topological polar surface area (TPSA) is 150 Å². The van der Waals surface area contributed by atoms with E-state index in [2.05, 4.69) is 25.6 Å². The standard InChI is InChI=1S/C20H23N7O3/c1-29-8-9-30-16-12-25-17(19(22)27-16)20(28)26-14-5-2-4-13(10-14)11-24-15-6-3-7-23-18(15)21/h2-7,10,12,24H,8-9,11H2,1H3,(H2,21,23)(H2,22,27)(H,26,28). The number of nitrogens with one attached hydrogen (secondary N) is 2. The van der Waals surface area contributed by atoms with Crippen LogP contribution in [0.2, 0.25) is 0 Å². The van der Waals surface area contributed by atoms with E-state index in [-0.39, 0.29) is 17.4 Å². The van der Waals surface area contributed by atoms with Gasteiger partial charge in [-0.2, -0.15) is 4.98 Å². The van der Waals surface area contributed by atoms with E-state index in [1.165, 1.54) is 6.20 Å². The molecule has 30 heavy (non-hydrogen) atoms. The number of hydrogen-bond acceptors (Lipinski definition) is 9.